The first-order valence-corrected chi connectivity index (χ1v) is 6.18. The zero-order chi connectivity index (χ0) is 7.98. The van der Waals surface area contributed by atoms with Crippen LogP contribution in [0.15, 0.2) is 0 Å². The molecule has 60 valence electrons. The van der Waals surface area contributed by atoms with Crippen molar-refractivity contribution in [3.05, 3.63) is 0 Å². The molecule has 3 N–H and O–H groups in total. The number of carboxylic acids is 1. The Hall–Kier alpha value is 0.379. The molecule has 0 saturated heterocycles. The summed E-state index contributed by atoms with van der Waals surface area (Å²) in [6.45, 7) is 0. The predicted molar refractivity (Wildman–Crippen MR) is 45.4 cm³/mol. The Balaban J connectivity index is 3.21. The Labute approximate surface area is 69.1 Å². The Bertz CT molecular complexity index is 112. The molecule has 0 aromatic rings. The molecule has 0 aromatic carbocycles. The van der Waals surface area contributed by atoms with Crippen molar-refractivity contribution in [3.8, 4) is 0 Å². The van der Waals surface area contributed by atoms with Crippen LogP contribution in [-0.2, 0) is 4.79 Å². The fourth-order valence-corrected chi connectivity index (χ4v) is 2.52. The second-order valence-corrected chi connectivity index (χ2v) is 5.95. The van der Waals surface area contributed by atoms with Crippen molar-refractivity contribution in [3.63, 3.8) is 0 Å². The van der Waals surface area contributed by atoms with Crippen LogP contribution in [0.4, 0.5) is 0 Å². The second-order valence-electron chi connectivity index (χ2n) is 1.81. The van der Waals surface area contributed by atoms with E-state index >= 15 is 0 Å². The molecule has 0 radical (unpaired) electrons. The van der Waals surface area contributed by atoms with Crippen molar-refractivity contribution in [1.82, 2.24) is 0 Å². The van der Waals surface area contributed by atoms with E-state index in [1.807, 2.05) is 0 Å². The van der Waals surface area contributed by atoms with Crippen LogP contribution < -0.4 is 5.73 Å². The van der Waals surface area contributed by atoms with Gasteiger partial charge >= 0.3 is 68.6 Å². The van der Waals surface area contributed by atoms with Gasteiger partial charge in [0, 0.05) is 0 Å². The average molecular weight is 228 g/mol. The van der Waals surface area contributed by atoms with Crippen LogP contribution >= 0.6 is 9.24 Å². The zero-order valence-electron chi connectivity index (χ0n) is 5.62. The van der Waals surface area contributed by atoms with Gasteiger partial charge in [-0.1, -0.05) is 0 Å². The Morgan fingerprint density at radius 2 is 2.40 bits per heavy atom. The molecule has 10 heavy (non-hydrogen) atoms. The van der Waals surface area contributed by atoms with E-state index in [1.54, 1.807) is 0 Å². The zero-order valence-corrected chi connectivity index (χ0v) is 8.48. The molecule has 0 aliphatic carbocycles. The molecule has 0 saturated carbocycles. The fraction of sp³-hybridized carbons (Fsp3) is 0.800. The predicted octanol–water partition coefficient (Wildman–Crippen LogP) is -0.257. The molecule has 0 heterocycles. The maximum atomic E-state index is 10.2. The van der Waals surface area contributed by atoms with E-state index < -0.39 is 12.0 Å². The third kappa shape index (κ3) is 5.19. The van der Waals surface area contributed by atoms with Gasteiger partial charge in [0.05, 0.1) is 0 Å². The van der Waals surface area contributed by atoms with E-state index in [0.717, 1.165) is 10.4 Å². The van der Waals surface area contributed by atoms with Crippen molar-refractivity contribution in [2.45, 2.75) is 17.8 Å². The van der Waals surface area contributed by atoms with Gasteiger partial charge in [-0.05, 0) is 0 Å². The van der Waals surface area contributed by atoms with Gasteiger partial charge in [-0.25, -0.2) is 0 Å². The first-order chi connectivity index (χ1) is 4.68. The number of nitrogens with two attached hydrogens (primary N) is 1. The van der Waals surface area contributed by atoms with Crippen molar-refractivity contribution in [2.24, 2.45) is 5.73 Å². The number of hydrogen-bond donors (Lipinski definition) is 2. The summed E-state index contributed by atoms with van der Waals surface area (Å²) in [6, 6.07) is -0.654. The summed E-state index contributed by atoms with van der Waals surface area (Å²) < 4.78 is 0. The summed E-state index contributed by atoms with van der Waals surface area (Å²) in [6.07, 6.45) is 0.615. The van der Waals surface area contributed by atoms with Crippen LogP contribution in [0, 0.1) is 0 Å². The quantitative estimate of drug-likeness (QED) is 0.387. The Morgan fingerprint density at radius 1 is 1.80 bits per heavy atom. The maximum absolute atomic E-state index is 10.2. The van der Waals surface area contributed by atoms with Gasteiger partial charge in [0.1, 0.15) is 0 Å². The Kier molecular flexibility index (Phi) is 6.35. The van der Waals surface area contributed by atoms with Gasteiger partial charge < -0.3 is 0 Å². The molecular formula is C5H12NO2PSe. The third-order valence-electron chi connectivity index (χ3n) is 1.01. The summed E-state index contributed by atoms with van der Waals surface area (Å²) in [5.74, 6) is -0.889. The third-order valence-corrected chi connectivity index (χ3v) is 3.83. The van der Waals surface area contributed by atoms with Gasteiger partial charge in [0.15, 0.2) is 0 Å². The van der Waals surface area contributed by atoms with Crippen LogP contribution in [0.3, 0.4) is 0 Å². The number of aliphatic carboxylic acids is 1. The average Bonchev–Trinajstić information content (AvgIpc) is 1.88. The first kappa shape index (κ1) is 10.4. The molecule has 0 bridgehead atoms. The van der Waals surface area contributed by atoms with Gasteiger partial charge in [-0.3, -0.25) is 0 Å². The summed E-state index contributed by atoms with van der Waals surface area (Å²) >= 11 is 0.553. The minimum absolute atomic E-state index is 0.553. The molecule has 0 amide bonds. The minimum atomic E-state index is -0.889. The fourth-order valence-electron chi connectivity index (χ4n) is 0.417. The van der Waals surface area contributed by atoms with E-state index in [4.69, 9.17) is 10.8 Å². The van der Waals surface area contributed by atoms with Crippen molar-refractivity contribution in [1.29, 1.82) is 0 Å². The number of carbonyl (C=O) groups is 1. The van der Waals surface area contributed by atoms with E-state index in [9.17, 15) is 4.79 Å². The molecule has 0 aliphatic rings. The summed E-state index contributed by atoms with van der Waals surface area (Å²) in [5.41, 5.74) is 5.26. The molecule has 3 nitrogen and oxygen atoms in total. The van der Waals surface area contributed by atoms with E-state index in [-0.39, 0.29) is 0 Å². The first-order valence-electron chi connectivity index (χ1n) is 2.94. The van der Waals surface area contributed by atoms with Crippen LogP contribution in [0.2, 0.25) is 5.32 Å². The molecule has 0 fully saturated rings. The monoisotopic (exact) mass is 229 g/mol. The number of carboxylic acid groups (broad SMARTS) is 1. The van der Waals surface area contributed by atoms with E-state index in [0.29, 0.717) is 21.4 Å². The molecule has 1 unspecified atom stereocenters. The van der Waals surface area contributed by atoms with Gasteiger partial charge in [0.2, 0.25) is 0 Å². The Morgan fingerprint density at radius 3 is 2.80 bits per heavy atom. The van der Waals surface area contributed by atoms with E-state index in [1.165, 1.54) is 0 Å². The normalized spacial score (nSPS) is 13.0. The van der Waals surface area contributed by atoms with Gasteiger partial charge in [-0.15, -0.1) is 0 Å². The van der Waals surface area contributed by atoms with Crippen LogP contribution in [0.5, 0.6) is 0 Å². The van der Waals surface area contributed by atoms with Gasteiger partial charge in [0.25, 0.3) is 0 Å². The van der Waals surface area contributed by atoms with Crippen LogP contribution in [-0.4, -0.2) is 37.1 Å². The summed E-state index contributed by atoms with van der Waals surface area (Å²) in [7, 11) is 2.62. The van der Waals surface area contributed by atoms with Gasteiger partial charge in [-0.2, -0.15) is 0 Å². The molecular weight excluding hydrogens is 216 g/mol. The summed E-state index contributed by atoms with van der Waals surface area (Å²) in [4.78, 5) is 10.2. The summed E-state index contributed by atoms with van der Waals surface area (Å²) in [5, 5.41) is 10.4. The number of hydrogen-bond acceptors (Lipinski definition) is 2. The second kappa shape index (κ2) is 6.11. The van der Waals surface area contributed by atoms with Crippen LogP contribution in [0.1, 0.15) is 6.42 Å². The standard InChI is InChI=1S/C5H12NO2PSe/c6-4(5(7)8)1-2-10-3-9/h4H,1-3,6,9H2,(H,7,8)/t4-/m0/s1. The molecule has 5 heteroatoms. The van der Waals surface area contributed by atoms with E-state index in [2.05, 4.69) is 9.24 Å². The number of rotatable bonds is 5. The molecule has 0 aromatic heterocycles. The van der Waals surface area contributed by atoms with Crippen molar-refractivity contribution in [2.75, 3.05) is 5.06 Å². The molecule has 0 aliphatic heterocycles. The van der Waals surface area contributed by atoms with Crippen molar-refractivity contribution >= 4 is 30.2 Å². The topological polar surface area (TPSA) is 63.3 Å². The molecule has 2 atom stereocenters. The molecule has 0 spiro atoms. The SMILES string of the molecule is N[C@@H](CC[Se]CP)C(=O)O. The van der Waals surface area contributed by atoms with Crippen molar-refractivity contribution < 1.29 is 9.90 Å². The van der Waals surface area contributed by atoms with Crippen LogP contribution in [0.25, 0.3) is 0 Å². The molecule has 0 rings (SSSR count).